The van der Waals surface area contributed by atoms with E-state index in [2.05, 4.69) is 25.4 Å². The third-order valence-electron chi connectivity index (χ3n) is 5.61. The smallest absolute Gasteiger partial charge is 0.223 e. The number of ether oxygens (including phenoxy) is 3. The Morgan fingerprint density at radius 1 is 1.17 bits per heavy atom. The number of hydrogen-bond acceptors (Lipinski definition) is 8. The lowest BCUT2D eigenvalue weighted by Gasteiger charge is -2.29. The monoisotopic (exact) mass is 526 g/mol. The molecule has 1 saturated heterocycles. The van der Waals surface area contributed by atoms with Gasteiger partial charge in [0, 0.05) is 28.9 Å². The first kappa shape index (κ1) is 24.5. The maximum Gasteiger partial charge on any atom is 0.223 e. The van der Waals surface area contributed by atoms with Gasteiger partial charge in [-0.3, -0.25) is 0 Å². The van der Waals surface area contributed by atoms with Crippen molar-refractivity contribution in [2.24, 2.45) is 0 Å². The molecule has 1 fully saturated rings. The van der Waals surface area contributed by atoms with Crippen LogP contribution in [-0.2, 0) is 21.8 Å². The van der Waals surface area contributed by atoms with E-state index in [0.717, 1.165) is 17.8 Å². The van der Waals surface area contributed by atoms with Crippen molar-refractivity contribution in [1.29, 1.82) is 0 Å². The maximum absolute atomic E-state index is 6.52. The Morgan fingerprint density at radius 2 is 2.03 bits per heavy atom. The van der Waals surface area contributed by atoms with Crippen molar-refractivity contribution in [3.8, 4) is 17.0 Å². The first-order valence-electron chi connectivity index (χ1n) is 11.4. The van der Waals surface area contributed by atoms with E-state index in [1.165, 1.54) is 6.33 Å². The maximum atomic E-state index is 6.52. The van der Waals surface area contributed by atoms with Gasteiger partial charge in [0.2, 0.25) is 11.7 Å². The highest BCUT2D eigenvalue weighted by Gasteiger charge is 2.45. The molecule has 186 valence electrons. The molecule has 36 heavy (non-hydrogen) atoms. The Labute approximate surface area is 218 Å². The summed E-state index contributed by atoms with van der Waals surface area (Å²) in [7, 11) is 0. The average Bonchev–Trinajstić information content (AvgIpc) is 3.54. The summed E-state index contributed by atoms with van der Waals surface area (Å²) in [6, 6.07) is 14.8. The highest BCUT2D eigenvalue weighted by Crippen LogP contribution is 2.40. The Balaban J connectivity index is 1.27. The van der Waals surface area contributed by atoms with Crippen molar-refractivity contribution in [2.75, 3.05) is 25.1 Å². The lowest BCUT2D eigenvalue weighted by Crippen LogP contribution is -2.35. The van der Waals surface area contributed by atoms with Crippen LogP contribution < -0.4 is 10.1 Å². The Hall–Kier alpha value is -3.24. The predicted molar refractivity (Wildman–Crippen MR) is 136 cm³/mol. The molecular formula is C25H24Cl2N6O3. The summed E-state index contributed by atoms with van der Waals surface area (Å²) in [5.74, 6) is 0.162. The molecule has 0 bridgehead atoms. The molecule has 2 aromatic heterocycles. The van der Waals surface area contributed by atoms with E-state index >= 15 is 0 Å². The van der Waals surface area contributed by atoms with Gasteiger partial charge in [-0.2, -0.15) is 5.10 Å². The molecule has 1 aliphatic rings. The Kier molecular flexibility index (Phi) is 7.33. The SMILES string of the molecule is CCNc1nccc(-c2ccc(OCC3COC(Cn4cncn4)(c4ccc(Cl)cc4Cl)O3)cc2)n1. The van der Waals surface area contributed by atoms with Crippen LogP contribution in [0.5, 0.6) is 5.75 Å². The average molecular weight is 527 g/mol. The van der Waals surface area contributed by atoms with Crippen molar-refractivity contribution < 1.29 is 14.2 Å². The van der Waals surface area contributed by atoms with Crippen LogP contribution in [0.25, 0.3) is 11.3 Å². The number of rotatable bonds is 9. The van der Waals surface area contributed by atoms with Crippen LogP contribution in [0.4, 0.5) is 5.95 Å². The lowest BCUT2D eigenvalue weighted by molar-refractivity contribution is -0.190. The van der Waals surface area contributed by atoms with E-state index in [0.29, 0.717) is 40.5 Å². The zero-order valence-corrected chi connectivity index (χ0v) is 21.0. The Bertz CT molecular complexity index is 1310. The fourth-order valence-electron chi connectivity index (χ4n) is 3.96. The predicted octanol–water partition coefficient (Wildman–Crippen LogP) is 4.82. The molecule has 3 heterocycles. The number of nitrogens with one attached hydrogen (secondary N) is 1. The quantitative estimate of drug-likeness (QED) is 0.331. The second-order valence-corrected chi connectivity index (χ2v) is 9.00. The Morgan fingerprint density at radius 3 is 2.78 bits per heavy atom. The molecular weight excluding hydrogens is 503 g/mol. The number of aromatic nitrogens is 5. The van der Waals surface area contributed by atoms with Gasteiger partial charge in [-0.25, -0.2) is 19.6 Å². The van der Waals surface area contributed by atoms with Crippen LogP contribution in [0.3, 0.4) is 0 Å². The summed E-state index contributed by atoms with van der Waals surface area (Å²) < 4.78 is 20.2. The van der Waals surface area contributed by atoms with E-state index in [1.54, 1.807) is 35.4 Å². The van der Waals surface area contributed by atoms with E-state index in [1.807, 2.05) is 37.3 Å². The first-order chi connectivity index (χ1) is 17.5. The number of halogens is 2. The van der Waals surface area contributed by atoms with E-state index in [9.17, 15) is 0 Å². The third kappa shape index (κ3) is 5.44. The largest absolute Gasteiger partial charge is 0.491 e. The number of hydrogen-bond donors (Lipinski definition) is 1. The van der Waals surface area contributed by atoms with Gasteiger partial charge >= 0.3 is 0 Å². The summed E-state index contributed by atoms with van der Waals surface area (Å²) in [5, 5.41) is 8.29. The number of anilines is 1. The molecule has 0 radical (unpaired) electrons. The molecule has 0 aliphatic carbocycles. The second-order valence-electron chi connectivity index (χ2n) is 8.15. The van der Waals surface area contributed by atoms with E-state index < -0.39 is 5.79 Å². The molecule has 2 aromatic carbocycles. The lowest BCUT2D eigenvalue weighted by atomic mass is 10.1. The molecule has 11 heteroatoms. The zero-order chi connectivity index (χ0) is 25.0. The third-order valence-corrected chi connectivity index (χ3v) is 6.16. The van der Waals surface area contributed by atoms with Gasteiger partial charge in [0.05, 0.1) is 17.3 Å². The summed E-state index contributed by atoms with van der Waals surface area (Å²) >= 11 is 12.6. The van der Waals surface area contributed by atoms with Crippen molar-refractivity contribution in [3.05, 3.63) is 83.0 Å². The van der Waals surface area contributed by atoms with Gasteiger partial charge in [0.25, 0.3) is 0 Å². The van der Waals surface area contributed by atoms with Gasteiger partial charge in [-0.15, -0.1) is 0 Å². The van der Waals surface area contributed by atoms with Crippen molar-refractivity contribution >= 4 is 29.2 Å². The molecule has 2 unspecified atom stereocenters. The fraction of sp³-hybridized carbons (Fsp3) is 0.280. The first-order valence-corrected chi connectivity index (χ1v) is 12.2. The minimum Gasteiger partial charge on any atom is -0.491 e. The van der Waals surface area contributed by atoms with Crippen LogP contribution in [0.2, 0.25) is 10.0 Å². The normalized spacial score (nSPS) is 19.4. The molecule has 0 saturated carbocycles. The van der Waals surface area contributed by atoms with Gasteiger partial charge in [-0.1, -0.05) is 29.3 Å². The molecule has 1 N–H and O–H groups in total. The molecule has 0 spiro atoms. The van der Waals surface area contributed by atoms with Gasteiger partial charge in [0.1, 0.15) is 37.7 Å². The standard InChI is InChI=1S/C25H24Cl2N6O3/c1-2-29-24-30-10-9-23(32-24)17-3-6-19(7-4-17)34-12-20-13-35-25(36-20,14-33-16-28-15-31-33)21-8-5-18(26)11-22(21)27/h3-11,15-16,20H,2,12-14H2,1H3,(H,29,30,32). The molecule has 1 aliphatic heterocycles. The van der Waals surface area contributed by atoms with Crippen molar-refractivity contribution in [2.45, 2.75) is 25.4 Å². The van der Waals surface area contributed by atoms with Gasteiger partial charge in [0.15, 0.2) is 0 Å². The fourth-order valence-corrected chi connectivity index (χ4v) is 4.51. The van der Waals surface area contributed by atoms with Crippen molar-refractivity contribution in [3.63, 3.8) is 0 Å². The van der Waals surface area contributed by atoms with Gasteiger partial charge < -0.3 is 19.5 Å². The molecule has 0 amide bonds. The van der Waals surface area contributed by atoms with Gasteiger partial charge in [-0.05, 0) is 49.4 Å². The van der Waals surface area contributed by atoms with E-state index in [-0.39, 0.29) is 12.6 Å². The van der Waals surface area contributed by atoms with Crippen LogP contribution in [0, 0.1) is 0 Å². The molecule has 9 nitrogen and oxygen atoms in total. The summed E-state index contributed by atoms with van der Waals surface area (Å²) in [6.45, 7) is 3.65. The highest BCUT2D eigenvalue weighted by molar-refractivity contribution is 6.35. The van der Waals surface area contributed by atoms with Crippen molar-refractivity contribution in [1.82, 2.24) is 24.7 Å². The number of benzene rings is 2. The zero-order valence-electron chi connectivity index (χ0n) is 19.5. The van der Waals surface area contributed by atoms with Crippen LogP contribution in [0.15, 0.2) is 67.4 Å². The number of nitrogens with zero attached hydrogens (tertiary/aromatic N) is 5. The minimum atomic E-state index is -1.15. The second kappa shape index (κ2) is 10.8. The van der Waals surface area contributed by atoms with Crippen LogP contribution in [0.1, 0.15) is 12.5 Å². The summed E-state index contributed by atoms with van der Waals surface area (Å²) in [4.78, 5) is 12.8. The summed E-state index contributed by atoms with van der Waals surface area (Å²) in [6.07, 6.45) is 4.46. The highest BCUT2D eigenvalue weighted by atomic mass is 35.5. The molecule has 4 aromatic rings. The van der Waals surface area contributed by atoms with Crippen LogP contribution in [-0.4, -0.2) is 50.6 Å². The molecule has 5 rings (SSSR count). The van der Waals surface area contributed by atoms with Crippen LogP contribution >= 0.6 is 23.2 Å². The van der Waals surface area contributed by atoms with E-state index in [4.69, 9.17) is 37.4 Å². The minimum absolute atomic E-state index is 0.271. The summed E-state index contributed by atoms with van der Waals surface area (Å²) in [5.41, 5.74) is 2.46. The molecule has 2 atom stereocenters. The topological polar surface area (TPSA) is 96.2 Å².